The zero-order chi connectivity index (χ0) is 76.9. The maximum Gasteiger partial charge on any atom is 0.303 e. The van der Waals surface area contributed by atoms with Crippen LogP contribution >= 0.6 is 21.6 Å². The summed E-state index contributed by atoms with van der Waals surface area (Å²) in [5.41, 5.74) is 24.6. The molecule has 2 aliphatic heterocycles. The smallest absolute Gasteiger partial charge is 0.303 e. The van der Waals surface area contributed by atoms with Crippen LogP contribution in [-0.4, -0.2) is 214 Å². The third kappa shape index (κ3) is 26.8. The van der Waals surface area contributed by atoms with Crippen LogP contribution in [0.3, 0.4) is 0 Å². The molecule has 3 aromatic carbocycles. The number of carboxylic acid groups (broad SMARTS) is 1. The van der Waals surface area contributed by atoms with Gasteiger partial charge in [0.05, 0.1) is 7.11 Å². The van der Waals surface area contributed by atoms with Crippen LogP contribution in [0.2, 0.25) is 0 Å². The van der Waals surface area contributed by atoms with Gasteiger partial charge in [0.15, 0.2) is 5.96 Å². The summed E-state index contributed by atoms with van der Waals surface area (Å²) in [6, 6.07) is 3.96. The minimum atomic E-state index is -1.74. The molecule has 2 saturated heterocycles. The van der Waals surface area contributed by atoms with Gasteiger partial charge in [-0.3, -0.25) is 72.5 Å². The number of nitrogens with zero attached hydrogens (tertiary/aromatic N) is 1. The van der Waals surface area contributed by atoms with Gasteiger partial charge in [-0.2, -0.15) is 0 Å². The number of hydrogen-bond acceptors (Lipinski definition) is 20. The fourth-order valence-corrected chi connectivity index (χ4v) is 13.8. The number of guanidine groups is 1. The van der Waals surface area contributed by atoms with Crippen molar-refractivity contribution in [2.75, 3.05) is 44.8 Å². The summed E-state index contributed by atoms with van der Waals surface area (Å²) in [5.74, 6) is -14.7. The highest BCUT2D eigenvalue weighted by atomic mass is 33.1. The topological polar surface area (TPSA) is 568 Å². The van der Waals surface area contributed by atoms with Crippen molar-refractivity contribution in [3.8, 4) is 11.5 Å². The molecule has 0 radical (unpaired) electrons. The van der Waals surface area contributed by atoms with E-state index >= 15 is 4.79 Å². The first-order chi connectivity index (χ1) is 50.0. The zero-order valence-electron chi connectivity index (χ0n) is 58.4. The number of rotatable bonds is 25. The Kier molecular flexibility index (Phi) is 33.0. The molecule has 0 unspecified atom stereocenters. The number of likely N-dealkylation sites (tertiary alicyclic amines) is 1. The zero-order valence-corrected chi connectivity index (χ0v) is 60.0. The van der Waals surface area contributed by atoms with E-state index in [-0.39, 0.29) is 82.2 Å². The molecule has 2 fully saturated rings. The van der Waals surface area contributed by atoms with Gasteiger partial charge in [0.25, 0.3) is 0 Å². The fraction of sp³-hybridized carbons (Fsp3) is 0.485. The molecule has 0 aliphatic carbocycles. The second-order valence-electron chi connectivity index (χ2n) is 25.5. The number of primary amides is 2. The van der Waals surface area contributed by atoms with E-state index in [4.69, 9.17) is 33.1 Å². The van der Waals surface area contributed by atoms with Gasteiger partial charge < -0.3 is 106 Å². The molecule has 37 heteroatoms. The van der Waals surface area contributed by atoms with Crippen molar-refractivity contribution in [2.45, 2.75) is 158 Å². The Morgan fingerprint density at radius 1 is 0.695 bits per heavy atom. The highest BCUT2D eigenvalue weighted by Crippen LogP contribution is 2.26. The Bertz CT molecular complexity index is 3750. The van der Waals surface area contributed by atoms with Gasteiger partial charge >= 0.3 is 5.97 Å². The van der Waals surface area contributed by atoms with E-state index in [9.17, 15) is 72.5 Å². The van der Waals surface area contributed by atoms with Gasteiger partial charge in [-0.15, -0.1) is 0 Å². The predicted octanol–water partition coefficient (Wildman–Crippen LogP) is -2.95. The van der Waals surface area contributed by atoms with Crippen LogP contribution in [0.5, 0.6) is 11.5 Å². The number of nitrogens with one attached hydrogen (secondary N) is 13. The molecule has 4 aromatic rings. The van der Waals surface area contributed by atoms with Crippen LogP contribution in [0.4, 0.5) is 0 Å². The number of para-hydroxylation sites is 1. The normalized spacial score (nSPS) is 22.0. The van der Waals surface area contributed by atoms with Crippen LogP contribution in [-0.2, 0) is 86.4 Å². The number of aliphatic carboxylic acids is 1. The molecule has 13 amide bonds. The SMILES string of the molecule is COc1ccc(C[C@@H]2NC(=O)[C@H](C(C)C)NC(=O)[C@@H](NC(=O)[C@H](Cc3ccc(O)cc3)NC(=O)[C@@H]3CCCN3C(=O)CCN)CSSC[C@H](C(N)=O)NC(=O)[C@H](CCC(=O)O)NC(=O)[C@H](Cc3c[nH]c4ccccc34)NC(=O)[C@H](CCC(N)=O)NC(=O)CCNC(=O)[C@H](CCCNC(=N)N)NC2=O)cc1. The summed E-state index contributed by atoms with van der Waals surface area (Å²) in [4.78, 5) is 201. The number of carbonyl (C=O) groups is 14. The Balaban J connectivity index is 1.42. The Labute approximate surface area is 612 Å². The summed E-state index contributed by atoms with van der Waals surface area (Å²) in [6.07, 6.45) is -1.25. The first-order valence-electron chi connectivity index (χ1n) is 34.1. The molecule has 0 saturated carbocycles. The molecule has 105 heavy (non-hydrogen) atoms. The number of fused-ring (bicyclic) bond motifs is 1. The molecule has 2 aliphatic rings. The van der Waals surface area contributed by atoms with E-state index < -0.39 is 193 Å². The number of ether oxygens (including phenoxy) is 1. The van der Waals surface area contributed by atoms with Crippen LogP contribution < -0.4 is 86.2 Å². The number of aromatic nitrogens is 1. The minimum Gasteiger partial charge on any atom is -0.508 e. The molecule has 3 heterocycles. The van der Waals surface area contributed by atoms with E-state index in [2.05, 4.69) is 63.5 Å². The van der Waals surface area contributed by atoms with Gasteiger partial charge in [0.2, 0.25) is 76.8 Å². The summed E-state index contributed by atoms with van der Waals surface area (Å²) in [6.45, 7) is 3.02. The number of amides is 13. The average Bonchev–Trinajstić information content (AvgIpc) is 1.68. The van der Waals surface area contributed by atoms with Gasteiger partial charge in [-0.25, -0.2) is 0 Å². The number of H-pyrrole nitrogens is 1. The van der Waals surface area contributed by atoms with E-state index in [0.29, 0.717) is 39.8 Å². The van der Waals surface area contributed by atoms with Crippen LogP contribution in [0, 0.1) is 11.3 Å². The van der Waals surface area contributed by atoms with Crippen molar-refractivity contribution in [3.05, 3.63) is 95.7 Å². The monoisotopic (exact) mass is 1500 g/mol. The van der Waals surface area contributed by atoms with Crippen molar-refractivity contribution in [2.24, 2.45) is 28.9 Å². The second-order valence-corrected chi connectivity index (χ2v) is 28.0. The third-order valence-electron chi connectivity index (χ3n) is 17.2. The summed E-state index contributed by atoms with van der Waals surface area (Å²) >= 11 is 0. The molecule has 0 spiro atoms. The van der Waals surface area contributed by atoms with Crippen LogP contribution in [0.1, 0.15) is 94.7 Å². The lowest BCUT2D eigenvalue weighted by Gasteiger charge is -2.29. The lowest BCUT2D eigenvalue weighted by Crippen LogP contribution is -2.61. The number of benzene rings is 3. The van der Waals surface area contributed by atoms with Crippen molar-refractivity contribution >= 4 is 121 Å². The number of phenolic OH excluding ortho intramolecular Hbond substituents is 1. The number of hydrogen-bond donors (Lipinski definition) is 19. The minimum absolute atomic E-state index is 0.0101. The van der Waals surface area contributed by atoms with Crippen LogP contribution in [0.15, 0.2) is 79.0 Å². The number of carbonyl (C=O) groups excluding carboxylic acids is 13. The number of aromatic hydroxyl groups is 1. The standard InChI is InChI=1S/C68H94N18O17S2/c1-36(2)57-67(102)82-48(31-38-14-18-41(103-3)19-15-38)62(97)78-44(10-6-27-75-68(72)73)59(94)74-28-25-54(89)77-45(20-22-53(70)88)60(95)80-49(32-39-33-76-43-9-5-4-8-42(39)43)64(99)79-46(21-23-56(91)92)61(96)83-50(58(71)93)34-104-105-35-51(65(100)85-57)84-63(98)47(30-37-12-16-40(87)17-13-37)81-66(101)52-11-7-29-86(52)55(90)24-26-69/h4-5,8-9,12-19,33,36,44-52,57,76,87H,6-7,10-11,20-32,34-35,69H2,1-3H3,(H2,70,88)(H2,71,93)(H,74,94)(H,77,89)(H,78,97)(H,79,99)(H,80,95)(H,81,101)(H,82,102)(H,83,96)(H,84,98)(H,85,100)(H,91,92)(H4,72,73,75)/t44-,45-,46-,47-,48-,49-,50+,51-,52-,57-/m0/s1. The third-order valence-corrected chi connectivity index (χ3v) is 19.6. The van der Waals surface area contributed by atoms with E-state index in [1.54, 1.807) is 68.6 Å². The number of carboxylic acids is 1. The van der Waals surface area contributed by atoms with Crippen molar-refractivity contribution in [1.29, 1.82) is 5.41 Å². The molecule has 1 aromatic heterocycles. The largest absolute Gasteiger partial charge is 0.508 e. The van der Waals surface area contributed by atoms with Crippen molar-refractivity contribution in [1.82, 2.24) is 68.4 Å². The fourth-order valence-electron chi connectivity index (χ4n) is 11.5. The van der Waals surface area contributed by atoms with E-state index in [1.807, 2.05) is 0 Å². The van der Waals surface area contributed by atoms with Gasteiger partial charge in [0.1, 0.15) is 71.9 Å². The molecule has 10 atom stereocenters. The Hall–Kier alpha value is -10.7. The molecular formula is C68H94N18O17S2. The van der Waals surface area contributed by atoms with Crippen molar-refractivity contribution in [3.63, 3.8) is 0 Å². The Morgan fingerprint density at radius 3 is 1.95 bits per heavy atom. The number of aromatic amines is 1. The first-order valence-corrected chi connectivity index (χ1v) is 36.6. The summed E-state index contributed by atoms with van der Waals surface area (Å²) in [5, 5.41) is 57.1. The maximum atomic E-state index is 15.1. The second kappa shape index (κ2) is 41.6. The summed E-state index contributed by atoms with van der Waals surface area (Å²) in [7, 11) is 3.15. The van der Waals surface area contributed by atoms with Gasteiger partial charge in [-0.1, -0.05) is 77.9 Å². The van der Waals surface area contributed by atoms with Gasteiger partial charge in [-0.05, 0) is 91.5 Å². The van der Waals surface area contributed by atoms with Crippen molar-refractivity contribution < 1.29 is 82.1 Å². The molecule has 35 nitrogen and oxygen atoms in total. The highest BCUT2D eigenvalue weighted by Gasteiger charge is 2.39. The van der Waals surface area contributed by atoms with Crippen LogP contribution in [0.25, 0.3) is 10.9 Å². The summed E-state index contributed by atoms with van der Waals surface area (Å²) < 4.78 is 5.34. The molecule has 570 valence electrons. The Morgan fingerprint density at radius 2 is 1.30 bits per heavy atom. The average molecular weight is 1500 g/mol. The molecule has 23 N–H and O–H groups in total. The van der Waals surface area contributed by atoms with Gasteiger partial charge in [0, 0.05) is 99.7 Å². The first kappa shape index (κ1) is 83.3. The number of phenols is 1. The molecule has 0 bridgehead atoms. The maximum absolute atomic E-state index is 15.1. The predicted molar refractivity (Wildman–Crippen MR) is 387 cm³/mol. The molecular weight excluding hydrogens is 1400 g/mol. The number of nitrogens with two attached hydrogens (primary N) is 4. The van der Waals surface area contributed by atoms with E-state index in [1.165, 1.54) is 36.3 Å². The highest BCUT2D eigenvalue weighted by molar-refractivity contribution is 8.76. The lowest BCUT2D eigenvalue weighted by molar-refractivity contribution is -0.139. The van der Waals surface area contributed by atoms with E-state index in [0.717, 1.165) is 21.6 Å². The molecule has 6 rings (SSSR count). The quantitative estimate of drug-likeness (QED) is 0.0136. The lowest BCUT2D eigenvalue weighted by atomic mass is 10.00. The number of methoxy groups -OCH3 is 1.